The van der Waals surface area contributed by atoms with Gasteiger partial charge in [-0.1, -0.05) is 18.2 Å². The van der Waals surface area contributed by atoms with E-state index in [-0.39, 0.29) is 11.9 Å². The lowest BCUT2D eigenvalue weighted by Gasteiger charge is -2.29. The van der Waals surface area contributed by atoms with E-state index in [0.29, 0.717) is 10.8 Å². The first kappa shape index (κ1) is 17.6. The molecule has 0 bridgehead atoms. The van der Waals surface area contributed by atoms with Crippen LogP contribution in [0, 0.1) is 5.82 Å². The molecular formula is C19H22FN3OS. The number of halogens is 1. The normalized spacial score (nSPS) is 15.5. The number of anilines is 2. The summed E-state index contributed by atoms with van der Waals surface area (Å²) < 4.78 is 18.6. The summed E-state index contributed by atoms with van der Waals surface area (Å²) in [6, 6.07) is 14.8. The maximum atomic E-state index is 13.2. The molecule has 0 radical (unpaired) electrons. The third-order valence-corrected chi connectivity index (χ3v) is 4.42. The summed E-state index contributed by atoms with van der Waals surface area (Å²) in [4.78, 5) is 2.32. The summed E-state index contributed by atoms with van der Waals surface area (Å²) in [6.07, 6.45) is 0. The fourth-order valence-electron chi connectivity index (χ4n) is 2.81. The van der Waals surface area contributed by atoms with Crippen molar-refractivity contribution in [3.05, 3.63) is 59.9 Å². The summed E-state index contributed by atoms with van der Waals surface area (Å²) in [5.41, 5.74) is 2.98. The molecule has 132 valence electrons. The Labute approximate surface area is 153 Å². The molecule has 0 spiro atoms. The van der Waals surface area contributed by atoms with Crippen LogP contribution in [0.2, 0.25) is 0 Å². The van der Waals surface area contributed by atoms with Crippen LogP contribution < -0.4 is 15.5 Å². The van der Waals surface area contributed by atoms with Crippen LogP contribution in [0.1, 0.15) is 18.5 Å². The van der Waals surface area contributed by atoms with Crippen molar-refractivity contribution in [1.29, 1.82) is 0 Å². The molecule has 0 saturated carbocycles. The van der Waals surface area contributed by atoms with E-state index in [2.05, 4.69) is 39.8 Å². The molecule has 6 heteroatoms. The minimum atomic E-state index is -0.292. The molecule has 1 atom stereocenters. The number of benzene rings is 2. The Morgan fingerprint density at radius 2 is 1.88 bits per heavy atom. The van der Waals surface area contributed by atoms with Crippen LogP contribution >= 0.6 is 12.2 Å². The Balaban J connectivity index is 1.57. The lowest BCUT2D eigenvalue weighted by molar-refractivity contribution is 0.122. The largest absolute Gasteiger partial charge is 0.378 e. The van der Waals surface area contributed by atoms with Crippen LogP contribution in [-0.2, 0) is 4.74 Å². The molecule has 4 nitrogen and oxygen atoms in total. The quantitative estimate of drug-likeness (QED) is 0.814. The minimum Gasteiger partial charge on any atom is -0.378 e. The minimum absolute atomic E-state index is 0.0484. The van der Waals surface area contributed by atoms with E-state index in [1.165, 1.54) is 17.8 Å². The van der Waals surface area contributed by atoms with Crippen molar-refractivity contribution >= 4 is 28.7 Å². The maximum Gasteiger partial charge on any atom is 0.171 e. The zero-order valence-corrected chi connectivity index (χ0v) is 15.0. The Morgan fingerprint density at radius 1 is 1.16 bits per heavy atom. The van der Waals surface area contributed by atoms with Gasteiger partial charge in [0.25, 0.3) is 0 Å². The zero-order chi connectivity index (χ0) is 17.6. The van der Waals surface area contributed by atoms with Crippen molar-refractivity contribution in [1.82, 2.24) is 5.32 Å². The Morgan fingerprint density at radius 3 is 2.56 bits per heavy atom. The first-order chi connectivity index (χ1) is 12.1. The van der Waals surface area contributed by atoms with Crippen LogP contribution in [0.25, 0.3) is 0 Å². The lowest BCUT2D eigenvalue weighted by atomic mass is 10.1. The van der Waals surface area contributed by atoms with Gasteiger partial charge in [0.05, 0.1) is 19.3 Å². The third-order valence-electron chi connectivity index (χ3n) is 4.20. The molecule has 0 aromatic heterocycles. The highest BCUT2D eigenvalue weighted by Crippen LogP contribution is 2.20. The summed E-state index contributed by atoms with van der Waals surface area (Å²) in [7, 11) is 0. The molecule has 2 aromatic carbocycles. The van der Waals surface area contributed by atoms with Gasteiger partial charge in [-0.25, -0.2) is 4.39 Å². The smallest absolute Gasteiger partial charge is 0.171 e. The summed E-state index contributed by atoms with van der Waals surface area (Å²) in [6.45, 7) is 5.45. The molecule has 1 aliphatic rings. The highest BCUT2D eigenvalue weighted by atomic mass is 32.1. The third kappa shape index (κ3) is 4.90. The lowest BCUT2D eigenvalue weighted by Crippen LogP contribution is -2.36. The predicted molar refractivity (Wildman–Crippen MR) is 104 cm³/mol. The van der Waals surface area contributed by atoms with Crippen LogP contribution in [0.4, 0.5) is 15.8 Å². The van der Waals surface area contributed by atoms with Crippen molar-refractivity contribution in [2.24, 2.45) is 0 Å². The standard InChI is InChI=1S/C19H22FN3OS/c1-14(21-19(25)22-17-4-2-3-16(20)13-17)15-5-7-18(8-6-15)23-9-11-24-12-10-23/h2-8,13-14H,9-12H2,1H3,(H2,21,22,25)/t14-/m0/s1. The zero-order valence-electron chi connectivity index (χ0n) is 14.2. The number of ether oxygens (including phenoxy) is 1. The highest BCUT2D eigenvalue weighted by molar-refractivity contribution is 7.80. The van der Waals surface area contributed by atoms with Gasteiger partial charge in [0.1, 0.15) is 5.82 Å². The Hall–Kier alpha value is -2.18. The Kier molecular flexibility index (Phi) is 5.83. The van der Waals surface area contributed by atoms with Gasteiger partial charge in [0.2, 0.25) is 0 Å². The number of hydrogen-bond acceptors (Lipinski definition) is 3. The monoisotopic (exact) mass is 359 g/mol. The average Bonchev–Trinajstić information content (AvgIpc) is 2.62. The van der Waals surface area contributed by atoms with E-state index in [1.54, 1.807) is 12.1 Å². The second-order valence-electron chi connectivity index (χ2n) is 6.02. The number of nitrogens with one attached hydrogen (secondary N) is 2. The first-order valence-electron chi connectivity index (χ1n) is 8.37. The van der Waals surface area contributed by atoms with Crippen molar-refractivity contribution in [2.75, 3.05) is 36.5 Å². The van der Waals surface area contributed by atoms with Gasteiger partial charge in [-0.2, -0.15) is 0 Å². The fourth-order valence-corrected chi connectivity index (χ4v) is 3.10. The number of rotatable bonds is 4. The van der Waals surface area contributed by atoms with Gasteiger partial charge in [0.15, 0.2) is 5.11 Å². The molecule has 25 heavy (non-hydrogen) atoms. The van der Waals surface area contributed by atoms with Crippen molar-refractivity contribution < 1.29 is 9.13 Å². The van der Waals surface area contributed by atoms with E-state index in [4.69, 9.17) is 17.0 Å². The van der Waals surface area contributed by atoms with Gasteiger partial charge in [-0.15, -0.1) is 0 Å². The number of nitrogens with zero attached hydrogens (tertiary/aromatic N) is 1. The molecule has 1 aliphatic heterocycles. The van der Waals surface area contributed by atoms with Crippen LogP contribution in [0.15, 0.2) is 48.5 Å². The molecule has 1 heterocycles. The second kappa shape index (κ2) is 8.27. The summed E-state index contributed by atoms with van der Waals surface area (Å²) in [5.74, 6) is -0.292. The van der Waals surface area contributed by atoms with Crippen molar-refractivity contribution in [3.8, 4) is 0 Å². The van der Waals surface area contributed by atoms with E-state index >= 15 is 0 Å². The van der Waals surface area contributed by atoms with E-state index < -0.39 is 0 Å². The fraction of sp³-hybridized carbons (Fsp3) is 0.316. The van der Waals surface area contributed by atoms with Gasteiger partial charge < -0.3 is 20.3 Å². The molecule has 1 fully saturated rings. The molecule has 0 unspecified atom stereocenters. The summed E-state index contributed by atoms with van der Waals surface area (Å²) in [5, 5.41) is 6.70. The molecule has 3 rings (SSSR count). The molecule has 0 aliphatic carbocycles. The van der Waals surface area contributed by atoms with Gasteiger partial charge in [-0.05, 0) is 55.0 Å². The first-order valence-corrected chi connectivity index (χ1v) is 8.78. The molecule has 1 saturated heterocycles. The van der Waals surface area contributed by atoms with E-state index in [1.807, 2.05) is 6.92 Å². The van der Waals surface area contributed by atoms with E-state index in [9.17, 15) is 4.39 Å². The van der Waals surface area contributed by atoms with Gasteiger partial charge in [-0.3, -0.25) is 0 Å². The predicted octanol–water partition coefficient (Wildman–Crippen LogP) is 3.71. The van der Waals surface area contributed by atoms with Gasteiger partial charge >= 0.3 is 0 Å². The number of morpholine rings is 1. The Bertz CT molecular complexity index is 717. The van der Waals surface area contributed by atoms with Crippen molar-refractivity contribution in [3.63, 3.8) is 0 Å². The molecule has 2 N–H and O–H groups in total. The molecule has 0 amide bonds. The van der Waals surface area contributed by atoms with Crippen LogP contribution in [0.5, 0.6) is 0 Å². The summed E-state index contributed by atoms with van der Waals surface area (Å²) >= 11 is 5.32. The van der Waals surface area contributed by atoms with Crippen molar-refractivity contribution in [2.45, 2.75) is 13.0 Å². The topological polar surface area (TPSA) is 36.5 Å². The number of hydrogen-bond donors (Lipinski definition) is 2. The maximum absolute atomic E-state index is 13.2. The second-order valence-corrected chi connectivity index (χ2v) is 6.43. The van der Waals surface area contributed by atoms with Crippen LogP contribution in [-0.4, -0.2) is 31.4 Å². The molecule has 2 aromatic rings. The van der Waals surface area contributed by atoms with Gasteiger partial charge in [0, 0.05) is 24.5 Å². The highest BCUT2D eigenvalue weighted by Gasteiger charge is 2.12. The molecular weight excluding hydrogens is 337 g/mol. The van der Waals surface area contributed by atoms with E-state index in [0.717, 1.165) is 31.9 Å². The number of thiocarbonyl (C=S) groups is 1. The SMILES string of the molecule is C[C@H](NC(=S)Nc1cccc(F)c1)c1ccc(N2CCOCC2)cc1. The average molecular weight is 359 g/mol. The van der Waals surface area contributed by atoms with Crippen LogP contribution in [0.3, 0.4) is 0 Å².